The summed E-state index contributed by atoms with van der Waals surface area (Å²) >= 11 is 6.12. The summed E-state index contributed by atoms with van der Waals surface area (Å²) in [4.78, 5) is 0. The van der Waals surface area contributed by atoms with Crippen molar-refractivity contribution in [2.45, 2.75) is 31.9 Å². The van der Waals surface area contributed by atoms with E-state index in [2.05, 4.69) is 12.3 Å². The van der Waals surface area contributed by atoms with Crippen molar-refractivity contribution in [3.63, 3.8) is 0 Å². The van der Waals surface area contributed by atoms with Crippen LogP contribution in [-0.2, 0) is 4.74 Å². The number of methoxy groups -OCH3 is 1. The molecule has 0 saturated carbocycles. The maximum atomic E-state index is 6.12. The highest BCUT2D eigenvalue weighted by molar-refractivity contribution is 6.34. The van der Waals surface area contributed by atoms with Crippen LogP contribution in [0.2, 0.25) is 5.02 Å². The van der Waals surface area contributed by atoms with Crippen molar-refractivity contribution in [2.75, 3.05) is 7.11 Å². The van der Waals surface area contributed by atoms with Crippen LogP contribution in [0.25, 0.3) is 11.0 Å². The first-order chi connectivity index (χ1) is 9.21. The molecule has 1 heterocycles. The number of nitrogens with one attached hydrogen (secondary N) is 1. The second-order valence-corrected chi connectivity index (χ2v) is 4.92. The minimum Gasteiger partial charge on any atom is -0.458 e. The molecule has 0 aliphatic carbocycles. The third-order valence-corrected chi connectivity index (χ3v) is 3.55. The van der Waals surface area contributed by atoms with E-state index in [-0.39, 0.29) is 12.1 Å². The summed E-state index contributed by atoms with van der Waals surface area (Å²) in [7, 11) is 1.68. The summed E-state index contributed by atoms with van der Waals surface area (Å²) in [6.07, 6.45) is 1.88. The molecule has 0 spiro atoms. The van der Waals surface area contributed by atoms with Gasteiger partial charge in [-0.3, -0.25) is 5.84 Å². The van der Waals surface area contributed by atoms with Crippen LogP contribution in [0.1, 0.15) is 31.6 Å². The number of hydrazine groups is 1. The fourth-order valence-corrected chi connectivity index (χ4v) is 2.50. The van der Waals surface area contributed by atoms with Crippen molar-refractivity contribution in [1.82, 2.24) is 5.43 Å². The van der Waals surface area contributed by atoms with E-state index in [9.17, 15) is 0 Å². The fourth-order valence-electron chi connectivity index (χ4n) is 2.28. The number of halogens is 1. The second-order valence-electron chi connectivity index (χ2n) is 4.51. The van der Waals surface area contributed by atoms with Crippen molar-refractivity contribution in [3.05, 3.63) is 35.0 Å². The van der Waals surface area contributed by atoms with Crippen LogP contribution < -0.4 is 11.3 Å². The molecule has 1 aromatic carbocycles. The lowest BCUT2D eigenvalue weighted by atomic mass is 10.0. The number of hydrogen-bond acceptors (Lipinski definition) is 4. The monoisotopic (exact) mass is 282 g/mol. The number of para-hydroxylation sites is 1. The molecule has 0 aliphatic rings. The van der Waals surface area contributed by atoms with Gasteiger partial charge in [0.2, 0.25) is 0 Å². The molecule has 2 rings (SSSR count). The van der Waals surface area contributed by atoms with E-state index < -0.39 is 0 Å². The number of fused-ring (bicyclic) bond motifs is 1. The number of ether oxygens (including phenoxy) is 1. The van der Waals surface area contributed by atoms with Crippen LogP contribution in [-0.4, -0.2) is 13.2 Å². The van der Waals surface area contributed by atoms with Gasteiger partial charge in [0.15, 0.2) is 5.58 Å². The van der Waals surface area contributed by atoms with E-state index in [0.29, 0.717) is 10.6 Å². The smallest absolute Gasteiger partial charge is 0.152 e. The molecule has 2 unspecified atom stereocenters. The summed E-state index contributed by atoms with van der Waals surface area (Å²) in [6, 6.07) is 7.43. The molecule has 1 aromatic heterocycles. The van der Waals surface area contributed by atoms with Gasteiger partial charge in [-0.2, -0.15) is 0 Å². The van der Waals surface area contributed by atoms with Crippen LogP contribution in [0.4, 0.5) is 0 Å². The normalized spacial score (nSPS) is 14.7. The Morgan fingerprint density at radius 2 is 2.26 bits per heavy atom. The molecular formula is C14H19ClN2O2. The topological polar surface area (TPSA) is 60.4 Å². The number of hydrogen-bond donors (Lipinski definition) is 2. The zero-order chi connectivity index (χ0) is 13.8. The molecule has 0 aliphatic heterocycles. The highest BCUT2D eigenvalue weighted by Gasteiger charge is 2.25. The lowest BCUT2D eigenvalue weighted by molar-refractivity contribution is 0.0542. The van der Waals surface area contributed by atoms with Crippen molar-refractivity contribution in [1.29, 1.82) is 0 Å². The van der Waals surface area contributed by atoms with E-state index in [1.807, 2.05) is 24.3 Å². The van der Waals surface area contributed by atoms with Gasteiger partial charge in [-0.1, -0.05) is 37.1 Å². The fraction of sp³-hybridized carbons (Fsp3) is 0.429. The number of benzene rings is 1. The standard InChI is InChI=1S/C14H19ClN2O2/c1-3-5-11(18-2)13(17-16)12-8-9-6-4-7-10(15)14(9)19-12/h4,6-8,11,13,17H,3,5,16H2,1-2H3. The minimum atomic E-state index is -0.187. The molecule has 3 N–H and O–H groups in total. The maximum absolute atomic E-state index is 6.12. The van der Waals surface area contributed by atoms with Gasteiger partial charge in [-0.25, -0.2) is 5.43 Å². The summed E-state index contributed by atoms with van der Waals surface area (Å²) < 4.78 is 11.3. The van der Waals surface area contributed by atoms with Gasteiger partial charge in [0.1, 0.15) is 11.8 Å². The van der Waals surface area contributed by atoms with Crippen molar-refractivity contribution < 1.29 is 9.15 Å². The number of nitrogens with two attached hydrogens (primary N) is 1. The van der Waals surface area contributed by atoms with Crippen molar-refractivity contribution in [2.24, 2.45) is 5.84 Å². The Morgan fingerprint density at radius 3 is 2.84 bits per heavy atom. The number of furan rings is 1. The Morgan fingerprint density at radius 1 is 1.47 bits per heavy atom. The predicted octanol–water partition coefficient (Wildman–Crippen LogP) is 3.41. The maximum Gasteiger partial charge on any atom is 0.152 e. The van der Waals surface area contributed by atoms with E-state index in [1.165, 1.54) is 0 Å². The van der Waals surface area contributed by atoms with Crippen molar-refractivity contribution in [3.8, 4) is 0 Å². The molecule has 0 amide bonds. The quantitative estimate of drug-likeness (QED) is 0.630. The van der Waals surface area contributed by atoms with Crippen LogP contribution in [0.3, 0.4) is 0 Å². The van der Waals surface area contributed by atoms with Gasteiger partial charge in [-0.15, -0.1) is 0 Å². The molecule has 2 aromatic rings. The first-order valence-corrected chi connectivity index (χ1v) is 6.76. The molecule has 0 fully saturated rings. The first kappa shape index (κ1) is 14.3. The zero-order valence-electron chi connectivity index (χ0n) is 11.2. The Bertz CT molecular complexity index is 541. The molecular weight excluding hydrogens is 264 g/mol. The van der Waals surface area contributed by atoms with Gasteiger partial charge < -0.3 is 9.15 Å². The summed E-state index contributed by atoms with van der Waals surface area (Å²) in [5, 5.41) is 1.57. The largest absolute Gasteiger partial charge is 0.458 e. The Hall–Kier alpha value is -1.07. The van der Waals surface area contributed by atoms with Gasteiger partial charge in [0.25, 0.3) is 0 Å². The summed E-state index contributed by atoms with van der Waals surface area (Å²) in [5.41, 5.74) is 3.46. The first-order valence-electron chi connectivity index (χ1n) is 6.38. The predicted molar refractivity (Wildman–Crippen MR) is 77.0 cm³/mol. The molecule has 5 heteroatoms. The van der Waals surface area contributed by atoms with Crippen LogP contribution >= 0.6 is 11.6 Å². The van der Waals surface area contributed by atoms with E-state index >= 15 is 0 Å². The van der Waals surface area contributed by atoms with Crippen LogP contribution in [0.5, 0.6) is 0 Å². The SMILES string of the molecule is CCCC(OC)C(NN)c1cc2cccc(Cl)c2o1. The second kappa shape index (κ2) is 6.39. The molecule has 104 valence electrons. The van der Waals surface area contributed by atoms with Gasteiger partial charge in [0.05, 0.1) is 11.1 Å². The van der Waals surface area contributed by atoms with Gasteiger partial charge in [-0.05, 0) is 18.6 Å². The molecule has 2 atom stereocenters. The van der Waals surface area contributed by atoms with Crippen LogP contribution in [0, 0.1) is 0 Å². The minimum absolute atomic E-state index is 0.0330. The van der Waals surface area contributed by atoms with Crippen LogP contribution in [0.15, 0.2) is 28.7 Å². The van der Waals surface area contributed by atoms with Gasteiger partial charge in [0, 0.05) is 12.5 Å². The van der Waals surface area contributed by atoms with Crippen molar-refractivity contribution >= 4 is 22.6 Å². The van der Waals surface area contributed by atoms with Gasteiger partial charge >= 0.3 is 0 Å². The highest BCUT2D eigenvalue weighted by atomic mass is 35.5. The third-order valence-electron chi connectivity index (χ3n) is 3.25. The third kappa shape index (κ3) is 2.92. The summed E-state index contributed by atoms with van der Waals surface area (Å²) in [5.74, 6) is 6.39. The average molecular weight is 283 g/mol. The lowest BCUT2D eigenvalue weighted by Crippen LogP contribution is -2.37. The van der Waals surface area contributed by atoms with E-state index in [1.54, 1.807) is 7.11 Å². The Labute approximate surface area is 117 Å². The Kier molecular flexibility index (Phi) is 4.82. The van der Waals surface area contributed by atoms with E-state index in [4.69, 9.17) is 26.6 Å². The Balaban J connectivity index is 2.37. The molecule has 19 heavy (non-hydrogen) atoms. The highest BCUT2D eigenvalue weighted by Crippen LogP contribution is 2.31. The lowest BCUT2D eigenvalue weighted by Gasteiger charge is -2.23. The molecule has 0 bridgehead atoms. The van der Waals surface area contributed by atoms with E-state index in [0.717, 1.165) is 24.0 Å². The average Bonchev–Trinajstić information content (AvgIpc) is 2.84. The number of rotatable bonds is 6. The molecule has 0 radical (unpaired) electrons. The zero-order valence-corrected chi connectivity index (χ0v) is 11.9. The summed E-state index contributed by atoms with van der Waals surface area (Å²) in [6.45, 7) is 2.11. The molecule has 4 nitrogen and oxygen atoms in total. The molecule has 0 saturated heterocycles.